The molecule has 0 unspecified atom stereocenters. The van der Waals surface area contributed by atoms with E-state index in [2.05, 4.69) is 31.1 Å². The van der Waals surface area contributed by atoms with Gasteiger partial charge in [0.1, 0.15) is 11.4 Å². The number of amides is 2. The number of anilines is 2. The number of aromatic hydroxyl groups is 2. The number of carbonyl (C=O) groups excluding carboxylic acids is 4. The smallest absolute Gasteiger partial charge is 0.343 e. The maximum absolute atomic E-state index is 13.9. The lowest BCUT2D eigenvalue weighted by Crippen LogP contribution is -2.13. The molecule has 0 saturated carbocycles. The second kappa shape index (κ2) is 22.8. The van der Waals surface area contributed by atoms with Crippen molar-refractivity contribution >= 4 is 126 Å². The number of fused-ring (bicyclic) bond motifs is 2. The third-order valence-corrected chi connectivity index (χ3v) is 12.9. The Morgan fingerprint density at radius 3 is 1.26 bits per heavy atom. The fourth-order valence-corrected chi connectivity index (χ4v) is 8.61. The molecule has 0 aliphatic carbocycles. The first kappa shape index (κ1) is 52.2. The van der Waals surface area contributed by atoms with Gasteiger partial charge in [-0.05, 0) is 132 Å². The number of azo groups is 2. The highest BCUT2D eigenvalue weighted by molar-refractivity contribution is 6.35. The molecule has 0 bridgehead atoms. The van der Waals surface area contributed by atoms with Crippen molar-refractivity contribution in [3.8, 4) is 23.0 Å². The SMILES string of the molecule is CCc1cc(N=Nc2c(O)c(C(=O)Nc3ccc(NC(=O)c4cc5ccccc5c(N=Nc5cc(CC)cc(C(=O)Oc6cc(Cl)ccc6Cl)c5)c4O)cc3)cc3ccccc23)cc(C(=O)Oc2cc(Cl)ccc2Cl)c1. The zero-order valence-corrected chi connectivity index (χ0v) is 43.1. The van der Waals surface area contributed by atoms with E-state index in [-0.39, 0.29) is 66.5 Å². The fourth-order valence-electron chi connectivity index (χ4n) is 7.97. The summed E-state index contributed by atoms with van der Waals surface area (Å²) >= 11 is 24.7. The summed E-state index contributed by atoms with van der Waals surface area (Å²) in [6.45, 7) is 3.81. The summed E-state index contributed by atoms with van der Waals surface area (Å²) < 4.78 is 11.1. The van der Waals surface area contributed by atoms with Crippen molar-refractivity contribution in [2.75, 3.05) is 10.6 Å². The van der Waals surface area contributed by atoms with Crippen molar-refractivity contribution in [1.29, 1.82) is 0 Å². The van der Waals surface area contributed by atoms with Crippen molar-refractivity contribution in [3.63, 3.8) is 0 Å². The second-order valence-corrected chi connectivity index (χ2v) is 18.7. The van der Waals surface area contributed by atoms with Gasteiger partial charge in [-0.25, -0.2) is 9.59 Å². The van der Waals surface area contributed by atoms with Crippen LogP contribution in [-0.2, 0) is 12.8 Å². The quantitative estimate of drug-likeness (QED) is 0.0468. The predicted octanol–water partition coefficient (Wildman–Crippen LogP) is 16.9. The molecule has 4 N–H and O–H groups in total. The number of ether oxygens (including phenoxy) is 2. The molecule has 18 heteroatoms. The maximum atomic E-state index is 13.9. The molecule has 0 aliphatic rings. The van der Waals surface area contributed by atoms with E-state index in [0.29, 0.717) is 55.8 Å². The molecule has 378 valence electrons. The molecule has 0 heterocycles. The van der Waals surface area contributed by atoms with E-state index < -0.39 is 35.3 Å². The fraction of sp³-hybridized carbons (Fsp3) is 0.0690. The molecule has 0 aliphatic heterocycles. The Kier molecular flexibility index (Phi) is 15.7. The Balaban J connectivity index is 0.923. The van der Waals surface area contributed by atoms with E-state index in [0.717, 1.165) is 11.1 Å². The average Bonchev–Trinajstić information content (AvgIpc) is 3.43. The van der Waals surface area contributed by atoms with Crippen molar-refractivity contribution in [2.24, 2.45) is 20.5 Å². The maximum Gasteiger partial charge on any atom is 0.343 e. The number of halogens is 4. The number of phenols is 2. The van der Waals surface area contributed by atoms with Crippen LogP contribution in [0.25, 0.3) is 21.5 Å². The number of carbonyl (C=O) groups is 4. The van der Waals surface area contributed by atoms with Crippen LogP contribution in [0.5, 0.6) is 23.0 Å². The normalized spacial score (nSPS) is 11.3. The lowest BCUT2D eigenvalue weighted by molar-refractivity contribution is 0.0725. The first-order chi connectivity index (χ1) is 36.6. The van der Waals surface area contributed by atoms with E-state index >= 15 is 0 Å². The van der Waals surface area contributed by atoms with Crippen LogP contribution in [0.3, 0.4) is 0 Å². The molecular weight excluding hydrogens is 1050 g/mol. The molecule has 2 amide bonds. The predicted molar refractivity (Wildman–Crippen MR) is 296 cm³/mol. The van der Waals surface area contributed by atoms with Crippen LogP contribution >= 0.6 is 46.4 Å². The van der Waals surface area contributed by atoms with Gasteiger partial charge in [0.25, 0.3) is 11.8 Å². The zero-order valence-electron chi connectivity index (χ0n) is 40.1. The lowest BCUT2D eigenvalue weighted by Gasteiger charge is -2.13. The number of aryl methyl sites for hydroxylation is 2. The highest BCUT2D eigenvalue weighted by Crippen LogP contribution is 2.42. The van der Waals surface area contributed by atoms with E-state index in [1.807, 2.05) is 13.8 Å². The second-order valence-electron chi connectivity index (χ2n) is 17.0. The minimum Gasteiger partial charge on any atom is -0.505 e. The van der Waals surface area contributed by atoms with Crippen LogP contribution in [0.2, 0.25) is 20.1 Å². The van der Waals surface area contributed by atoms with Gasteiger partial charge >= 0.3 is 11.9 Å². The topological polar surface area (TPSA) is 201 Å². The van der Waals surface area contributed by atoms with E-state index in [9.17, 15) is 29.4 Å². The third-order valence-electron chi connectivity index (χ3n) is 11.8. The molecule has 9 aromatic rings. The van der Waals surface area contributed by atoms with Gasteiger partial charge < -0.3 is 30.3 Å². The lowest BCUT2D eigenvalue weighted by atomic mass is 10.0. The van der Waals surface area contributed by atoms with Crippen LogP contribution in [0.1, 0.15) is 66.4 Å². The Morgan fingerprint density at radius 2 is 0.868 bits per heavy atom. The summed E-state index contributed by atoms with van der Waals surface area (Å²) in [6.07, 6.45) is 1.10. The van der Waals surface area contributed by atoms with Gasteiger partial charge in [0.05, 0.1) is 43.7 Å². The molecule has 14 nitrogen and oxygen atoms in total. The number of benzene rings is 9. The molecule has 9 rings (SSSR count). The summed E-state index contributed by atoms with van der Waals surface area (Å²) in [7, 11) is 0. The van der Waals surface area contributed by atoms with Crippen molar-refractivity contribution in [2.45, 2.75) is 26.7 Å². The molecule has 0 saturated heterocycles. The van der Waals surface area contributed by atoms with Crippen molar-refractivity contribution in [1.82, 2.24) is 0 Å². The van der Waals surface area contributed by atoms with Crippen LogP contribution in [-0.4, -0.2) is 34.0 Å². The van der Waals surface area contributed by atoms with Crippen LogP contribution in [0, 0.1) is 0 Å². The number of hydrogen-bond donors (Lipinski definition) is 4. The van der Waals surface area contributed by atoms with Crippen LogP contribution in [0.15, 0.2) is 178 Å². The van der Waals surface area contributed by atoms with Gasteiger partial charge in [-0.1, -0.05) is 109 Å². The largest absolute Gasteiger partial charge is 0.505 e. The van der Waals surface area contributed by atoms with Gasteiger partial charge in [0.15, 0.2) is 23.0 Å². The minimum atomic E-state index is -0.701. The molecule has 0 aromatic heterocycles. The van der Waals surface area contributed by atoms with Gasteiger partial charge in [0.2, 0.25) is 0 Å². The number of nitrogens with one attached hydrogen (secondary N) is 2. The highest BCUT2D eigenvalue weighted by atomic mass is 35.5. The molecule has 0 spiro atoms. The number of hydrogen-bond acceptors (Lipinski definition) is 12. The van der Waals surface area contributed by atoms with E-state index in [1.165, 1.54) is 48.5 Å². The Hall–Kier alpha value is -8.66. The standard InChI is InChI=1S/C58H40Cl4N6O8/c1-3-31-21-35(57(73)75-49-29-37(59)13-19-47(49)61)25-41(23-31)65-67-51-43-11-7-5-9-33(43)27-45(53(51)69)55(71)63-39-15-17-40(18-16-39)64-56(72)46-28-34-10-6-8-12-44(34)52(54(46)70)68-66-42-24-32(4-2)22-36(26-42)58(74)76-50-30-38(60)14-20-48(50)62/h5-30,69-70H,3-4H2,1-2H3,(H,63,71)(H,64,72). The summed E-state index contributed by atoms with van der Waals surface area (Å²) in [5.74, 6) is -3.46. The molecule has 0 fully saturated rings. The monoisotopic (exact) mass is 1090 g/mol. The Morgan fingerprint density at radius 1 is 0.474 bits per heavy atom. The van der Waals surface area contributed by atoms with Gasteiger partial charge in [-0.3, -0.25) is 9.59 Å². The molecular formula is C58H40Cl4N6O8. The molecule has 0 atom stereocenters. The summed E-state index contributed by atoms with van der Waals surface area (Å²) in [6, 6.07) is 42.1. The van der Waals surface area contributed by atoms with E-state index in [1.54, 1.807) is 109 Å². The summed E-state index contributed by atoms with van der Waals surface area (Å²) in [5, 5.41) is 49.6. The molecule has 9 aromatic carbocycles. The van der Waals surface area contributed by atoms with Gasteiger partial charge in [-0.2, -0.15) is 10.2 Å². The summed E-state index contributed by atoms with van der Waals surface area (Å²) in [4.78, 5) is 54.3. The number of phenolic OH excluding ortho intramolecular Hbond substituents is 2. The molecule has 0 radical (unpaired) electrons. The number of rotatable bonds is 14. The Labute approximate surface area is 454 Å². The van der Waals surface area contributed by atoms with Crippen LogP contribution < -0.4 is 20.1 Å². The van der Waals surface area contributed by atoms with Crippen molar-refractivity contribution in [3.05, 3.63) is 211 Å². The number of esters is 2. The highest BCUT2D eigenvalue weighted by Gasteiger charge is 2.22. The number of nitrogens with zero attached hydrogens (tertiary/aromatic N) is 4. The zero-order chi connectivity index (χ0) is 53.6. The Bertz CT molecular complexity index is 3620. The third kappa shape index (κ3) is 11.8. The van der Waals surface area contributed by atoms with Crippen molar-refractivity contribution < 1.29 is 38.9 Å². The average molecular weight is 1090 g/mol. The first-order valence-corrected chi connectivity index (χ1v) is 24.8. The summed E-state index contributed by atoms with van der Waals surface area (Å²) in [5.41, 5.74) is 2.88. The minimum absolute atomic E-state index is 0.0121. The van der Waals surface area contributed by atoms with Gasteiger partial charge in [0, 0.05) is 44.3 Å². The first-order valence-electron chi connectivity index (χ1n) is 23.3. The molecule has 76 heavy (non-hydrogen) atoms. The van der Waals surface area contributed by atoms with Gasteiger partial charge in [-0.15, -0.1) is 10.2 Å². The van der Waals surface area contributed by atoms with Crippen LogP contribution in [0.4, 0.5) is 34.1 Å². The van der Waals surface area contributed by atoms with E-state index in [4.69, 9.17) is 55.9 Å².